The first-order valence-electron chi connectivity index (χ1n) is 12.5. The second-order valence-corrected chi connectivity index (χ2v) is 10.1. The van der Waals surface area contributed by atoms with Crippen LogP contribution in [0.15, 0.2) is 42.0 Å². The van der Waals surface area contributed by atoms with Gasteiger partial charge in [0, 0.05) is 18.5 Å². The molecule has 0 bridgehead atoms. The molecular formula is C29H38N2. The molecular weight excluding hydrogens is 376 g/mol. The molecule has 1 saturated heterocycles. The number of likely N-dealkylation sites (tertiary alicyclic amines) is 1. The lowest BCUT2D eigenvalue weighted by atomic mass is 9.70. The van der Waals surface area contributed by atoms with Gasteiger partial charge in [0.15, 0.2) is 0 Å². The van der Waals surface area contributed by atoms with Gasteiger partial charge in [-0.25, -0.2) is 0 Å². The van der Waals surface area contributed by atoms with E-state index >= 15 is 0 Å². The average molecular weight is 415 g/mol. The molecule has 0 N–H and O–H groups in total. The van der Waals surface area contributed by atoms with Gasteiger partial charge in [0.25, 0.3) is 0 Å². The van der Waals surface area contributed by atoms with E-state index < -0.39 is 0 Å². The van der Waals surface area contributed by atoms with Gasteiger partial charge in [0.1, 0.15) is 0 Å². The van der Waals surface area contributed by atoms with E-state index in [0.29, 0.717) is 11.8 Å². The zero-order valence-corrected chi connectivity index (χ0v) is 19.7. The van der Waals surface area contributed by atoms with E-state index in [1.807, 2.05) is 6.07 Å². The first-order chi connectivity index (χ1) is 15.1. The van der Waals surface area contributed by atoms with E-state index in [9.17, 15) is 5.26 Å². The highest BCUT2D eigenvalue weighted by molar-refractivity contribution is 5.97. The minimum Gasteiger partial charge on any atom is -0.302 e. The molecule has 2 nitrogen and oxygen atoms in total. The van der Waals surface area contributed by atoms with Gasteiger partial charge >= 0.3 is 0 Å². The van der Waals surface area contributed by atoms with Gasteiger partial charge < -0.3 is 4.90 Å². The molecule has 0 amide bonds. The van der Waals surface area contributed by atoms with Crippen molar-refractivity contribution in [3.8, 4) is 6.07 Å². The van der Waals surface area contributed by atoms with Gasteiger partial charge in [0.2, 0.25) is 0 Å². The van der Waals surface area contributed by atoms with Crippen molar-refractivity contribution >= 4 is 16.3 Å². The van der Waals surface area contributed by atoms with Crippen molar-refractivity contribution < 1.29 is 0 Å². The first-order valence-corrected chi connectivity index (χ1v) is 12.5. The molecule has 1 aliphatic carbocycles. The predicted octanol–water partition coefficient (Wildman–Crippen LogP) is 7.43. The monoisotopic (exact) mass is 414 g/mol. The van der Waals surface area contributed by atoms with Crippen molar-refractivity contribution in [2.75, 3.05) is 19.6 Å². The van der Waals surface area contributed by atoms with Crippen LogP contribution in [0.1, 0.15) is 76.8 Å². The Morgan fingerprint density at radius 1 is 1.03 bits per heavy atom. The third kappa shape index (κ3) is 4.73. The molecule has 31 heavy (non-hydrogen) atoms. The topological polar surface area (TPSA) is 27.0 Å². The Balaban J connectivity index is 1.83. The predicted molar refractivity (Wildman–Crippen MR) is 132 cm³/mol. The van der Waals surface area contributed by atoms with Crippen LogP contribution in [0.2, 0.25) is 0 Å². The van der Waals surface area contributed by atoms with Crippen LogP contribution in [0.5, 0.6) is 0 Å². The van der Waals surface area contributed by atoms with Crippen LogP contribution in [0.25, 0.3) is 16.3 Å². The number of hydrogen-bond donors (Lipinski definition) is 0. The molecule has 2 aliphatic rings. The summed E-state index contributed by atoms with van der Waals surface area (Å²) in [5.41, 5.74) is 5.58. The van der Waals surface area contributed by atoms with Crippen molar-refractivity contribution in [2.45, 2.75) is 65.7 Å². The fraction of sp³-hybridized carbons (Fsp3) is 0.552. The molecule has 164 valence electrons. The maximum absolute atomic E-state index is 9.66. The molecule has 2 aromatic carbocycles. The molecule has 1 unspecified atom stereocenters. The van der Waals surface area contributed by atoms with Crippen LogP contribution in [-0.2, 0) is 0 Å². The second kappa shape index (κ2) is 10.0. The quantitative estimate of drug-likeness (QED) is 0.471. The Morgan fingerprint density at radius 2 is 1.77 bits per heavy atom. The number of allylic oxidation sites excluding steroid dienone is 1. The Kier molecular flexibility index (Phi) is 7.13. The molecule has 1 aliphatic heterocycles. The largest absolute Gasteiger partial charge is 0.302 e. The first kappa shape index (κ1) is 22.1. The fourth-order valence-electron chi connectivity index (χ4n) is 5.84. The van der Waals surface area contributed by atoms with E-state index in [1.54, 1.807) is 11.1 Å². The second-order valence-electron chi connectivity index (χ2n) is 10.1. The molecule has 1 atom stereocenters. The van der Waals surface area contributed by atoms with Gasteiger partial charge in [-0.2, -0.15) is 5.26 Å². The lowest BCUT2D eigenvalue weighted by Gasteiger charge is -2.39. The Hall–Kier alpha value is -2.11. The fourth-order valence-corrected chi connectivity index (χ4v) is 5.84. The van der Waals surface area contributed by atoms with Crippen LogP contribution < -0.4 is 0 Å². The number of benzene rings is 2. The molecule has 0 radical (unpaired) electrons. The van der Waals surface area contributed by atoms with Crippen LogP contribution in [0.4, 0.5) is 0 Å². The number of nitriles is 1. The Bertz CT molecular complexity index is 974. The minimum atomic E-state index is 0.678. The van der Waals surface area contributed by atoms with E-state index in [4.69, 9.17) is 0 Å². The molecule has 0 spiro atoms. The lowest BCUT2D eigenvalue weighted by Crippen LogP contribution is -2.38. The number of fused-ring (bicyclic) bond motifs is 1. The highest BCUT2D eigenvalue weighted by Gasteiger charge is 2.31. The summed E-state index contributed by atoms with van der Waals surface area (Å²) in [6, 6.07) is 15.3. The molecule has 4 rings (SSSR count). The highest BCUT2D eigenvalue weighted by atomic mass is 15.1. The third-order valence-electron chi connectivity index (χ3n) is 7.33. The summed E-state index contributed by atoms with van der Waals surface area (Å²) in [6.07, 6.45) is 9.05. The van der Waals surface area contributed by atoms with E-state index in [1.165, 1.54) is 75.5 Å². The van der Waals surface area contributed by atoms with Gasteiger partial charge in [0.05, 0.1) is 11.6 Å². The van der Waals surface area contributed by atoms with Gasteiger partial charge in [-0.15, -0.1) is 0 Å². The molecule has 2 fully saturated rings. The zero-order valence-electron chi connectivity index (χ0n) is 19.7. The van der Waals surface area contributed by atoms with E-state index in [0.717, 1.165) is 16.9 Å². The highest BCUT2D eigenvalue weighted by Crippen LogP contribution is 2.46. The van der Waals surface area contributed by atoms with Crippen molar-refractivity contribution in [3.63, 3.8) is 0 Å². The maximum Gasteiger partial charge on any atom is 0.0998 e. The van der Waals surface area contributed by atoms with Crippen molar-refractivity contribution in [3.05, 3.63) is 53.1 Å². The number of rotatable bonds is 7. The minimum absolute atomic E-state index is 0.678. The summed E-state index contributed by atoms with van der Waals surface area (Å²) in [6.45, 7) is 10.7. The normalized spacial score (nSPS) is 21.1. The SMILES string of the molecule is CCCC(=C(c1cccc2c(C#N)cccc12)C1CCC1)C1CCCN(CC(C)C)C1. The van der Waals surface area contributed by atoms with Crippen LogP contribution in [-0.4, -0.2) is 24.5 Å². The summed E-state index contributed by atoms with van der Waals surface area (Å²) >= 11 is 0. The Morgan fingerprint density at radius 3 is 2.45 bits per heavy atom. The standard InChI is InChI=1S/C29H38N2/c1-4-9-26(24-13-8-17-31(20-24)19-21(2)3)29(22-10-5-11-22)28-16-7-14-25-23(18-30)12-6-15-27(25)28/h6-7,12,14-16,21-22,24H,4-5,8-11,13,17,19-20H2,1-3H3. The maximum atomic E-state index is 9.66. The van der Waals surface area contributed by atoms with Crippen LogP contribution in [0, 0.1) is 29.1 Å². The summed E-state index contributed by atoms with van der Waals surface area (Å²) in [4.78, 5) is 2.71. The van der Waals surface area contributed by atoms with Crippen molar-refractivity contribution in [1.82, 2.24) is 4.90 Å². The van der Waals surface area contributed by atoms with Crippen LogP contribution >= 0.6 is 0 Å². The summed E-state index contributed by atoms with van der Waals surface area (Å²) in [5.74, 6) is 2.10. The smallest absolute Gasteiger partial charge is 0.0998 e. The summed E-state index contributed by atoms with van der Waals surface area (Å²) < 4.78 is 0. The van der Waals surface area contributed by atoms with Crippen molar-refractivity contribution in [1.29, 1.82) is 5.26 Å². The van der Waals surface area contributed by atoms with Crippen LogP contribution in [0.3, 0.4) is 0 Å². The lowest BCUT2D eigenvalue weighted by molar-refractivity contribution is 0.171. The third-order valence-corrected chi connectivity index (χ3v) is 7.33. The van der Waals surface area contributed by atoms with Gasteiger partial charge in [-0.05, 0) is 79.0 Å². The zero-order chi connectivity index (χ0) is 21.8. The van der Waals surface area contributed by atoms with Gasteiger partial charge in [-0.3, -0.25) is 0 Å². The summed E-state index contributed by atoms with van der Waals surface area (Å²) in [7, 11) is 0. The average Bonchev–Trinajstić information content (AvgIpc) is 2.73. The number of nitrogens with zero attached hydrogens (tertiary/aromatic N) is 2. The van der Waals surface area contributed by atoms with Gasteiger partial charge in [-0.1, -0.05) is 69.5 Å². The summed E-state index contributed by atoms with van der Waals surface area (Å²) in [5, 5.41) is 12.0. The Labute approximate surface area is 188 Å². The number of hydrogen-bond acceptors (Lipinski definition) is 2. The van der Waals surface area contributed by atoms with Crippen molar-refractivity contribution in [2.24, 2.45) is 17.8 Å². The van der Waals surface area contributed by atoms with E-state index in [-0.39, 0.29) is 0 Å². The molecule has 0 aromatic heterocycles. The molecule has 1 saturated carbocycles. The molecule has 1 heterocycles. The van der Waals surface area contributed by atoms with E-state index in [2.05, 4.69) is 62.1 Å². The molecule has 2 heteroatoms. The molecule has 2 aromatic rings. The number of piperidine rings is 1.